The molecule has 0 saturated carbocycles. The number of aromatic amines is 2. The predicted octanol–water partition coefficient (Wildman–Crippen LogP) is -0.330. The molecule has 0 aliphatic rings. The first-order valence-corrected chi connectivity index (χ1v) is 6.40. The van der Waals surface area contributed by atoms with Crippen molar-refractivity contribution in [3.63, 3.8) is 0 Å². The van der Waals surface area contributed by atoms with Crippen LogP contribution >= 0.6 is 0 Å². The van der Waals surface area contributed by atoms with Gasteiger partial charge >= 0.3 is 5.69 Å². The molecule has 110 valence electrons. The number of rotatable bonds is 5. The van der Waals surface area contributed by atoms with Crippen LogP contribution in [-0.2, 0) is 17.6 Å². The highest BCUT2D eigenvalue weighted by Crippen LogP contribution is 2.09. The van der Waals surface area contributed by atoms with Crippen LogP contribution in [-0.4, -0.2) is 27.5 Å². The quantitative estimate of drug-likeness (QED) is 0.603. The van der Waals surface area contributed by atoms with E-state index in [1.807, 2.05) is 0 Å². The second-order valence-corrected chi connectivity index (χ2v) is 4.54. The largest absolute Gasteiger partial charge is 0.508 e. The molecular formula is C14H15N3O4. The maximum absolute atomic E-state index is 11.7. The van der Waals surface area contributed by atoms with Crippen LogP contribution in [0.4, 0.5) is 0 Å². The lowest BCUT2D eigenvalue weighted by atomic mass is 10.1. The number of aromatic nitrogens is 2. The molecule has 21 heavy (non-hydrogen) atoms. The molecule has 7 heteroatoms. The van der Waals surface area contributed by atoms with Crippen molar-refractivity contribution in [2.45, 2.75) is 12.8 Å². The smallest absolute Gasteiger partial charge is 0.325 e. The highest BCUT2D eigenvalue weighted by Gasteiger charge is 2.07. The molecule has 0 atom stereocenters. The Balaban J connectivity index is 1.83. The van der Waals surface area contributed by atoms with Crippen molar-refractivity contribution in [3.05, 3.63) is 62.4 Å². The van der Waals surface area contributed by atoms with Crippen LogP contribution in [0.25, 0.3) is 0 Å². The van der Waals surface area contributed by atoms with Gasteiger partial charge in [-0.2, -0.15) is 0 Å². The molecular weight excluding hydrogens is 274 g/mol. The van der Waals surface area contributed by atoms with Gasteiger partial charge in [0, 0.05) is 18.3 Å². The SMILES string of the molecule is O=C(Cc1c[nH]c(=O)[nH]c1=O)NCCc1ccc(O)cc1. The molecule has 0 saturated heterocycles. The molecule has 7 nitrogen and oxygen atoms in total. The summed E-state index contributed by atoms with van der Waals surface area (Å²) in [6.45, 7) is 0.421. The van der Waals surface area contributed by atoms with Gasteiger partial charge in [-0.25, -0.2) is 4.79 Å². The number of amides is 1. The van der Waals surface area contributed by atoms with Gasteiger partial charge in [0.15, 0.2) is 0 Å². The number of carbonyl (C=O) groups excluding carboxylic acids is 1. The van der Waals surface area contributed by atoms with E-state index < -0.39 is 11.2 Å². The molecule has 1 aromatic carbocycles. The first-order chi connectivity index (χ1) is 10.0. The van der Waals surface area contributed by atoms with Crippen molar-refractivity contribution < 1.29 is 9.90 Å². The summed E-state index contributed by atoms with van der Waals surface area (Å²) >= 11 is 0. The zero-order valence-corrected chi connectivity index (χ0v) is 11.2. The summed E-state index contributed by atoms with van der Waals surface area (Å²) in [4.78, 5) is 38.4. The van der Waals surface area contributed by atoms with Crippen molar-refractivity contribution in [2.75, 3.05) is 6.54 Å². The van der Waals surface area contributed by atoms with Crippen molar-refractivity contribution in [3.8, 4) is 5.75 Å². The monoisotopic (exact) mass is 289 g/mol. The number of aromatic hydroxyl groups is 1. The highest BCUT2D eigenvalue weighted by molar-refractivity contribution is 5.78. The van der Waals surface area contributed by atoms with E-state index in [4.69, 9.17) is 5.11 Å². The van der Waals surface area contributed by atoms with Crippen LogP contribution in [0.15, 0.2) is 40.1 Å². The van der Waals surface area contributed by atoms with E-state index in [0.717, 1.165) is 5.56 Å². The Morgan fingerprint density at radius 1 is 1.19 bits per heavy atom. The van der Waals surface area contributed by atoms with Crippen molar-refractivity contribution in [1.29, 1.82) is 0 Å². The average Bonchev–Trinajstić information content (AvgIpc) is 2.44. The molecule has 2 rings (SSSR count). The van der Waals surface area contributed by atoms with Crippen LogP contribution in [0.2, 0.25) is 0 Å². The van der Waals surface area contributed by atoms with Gasteiger partial charge in [0.25, 0.3) is 5.56 Å². The Bertz CT molecular complexity index is 731. The van der Waals surface area contributed by atoms with Gasteiger partial charge in [0.2, 0.25) is 5.91 Å². The molecule has 0 radical (unpaired) electrons. The number of carbonyl (C=O) groups is 1. The fourth-order valence-electron chi connectivity index (χ4n) is 1.81. The third kappa shape index (κ3) is 4.34. The Labute approximate surface area is 119 Å². The summed E-state index contributed by atoms with van der Waals surface area (Å²) in [7, 11) is 0. The van der Waals surface area contributed by atoms with Gasteiger partial charge < -0.3 is 15.4 Å². The van der Waals surface area contributed by atoms with Crippen LogP contribution in [0.1, 0.15) is 11.1 Å². The Morgan fingerprint density at radius 2 is 1.90 bits per heavy atom. The zero-order chi connectivity index (χ0) is 15.2. The molecule has 1 heterocycles. The Morgan fingerprint density at radius 3 is 2.57 bits per heavy atom. The standard InChI is InChI=1S/C14H15N3O4/c18-11-3-1-9(2-4-11)5-6-15-12(19)7-10-8-16-14(21)17-13(10)20/h1-4,8,18H,5-7H2,(H,15,19)(H2,16,17,20,21). The lowest BCUT2D eigenvalue weighted by Crippen LogP contribution is -2.31. The molecule has 1 amide bonds. The van der Waals surface area contributed by atoms with Gasteiger partial charge in [-0.1, -0.05) is 12.1 Å². The van der Waals surface area contributed by atoms with Gasteiger partial charge in [-0.05, 0) is 24.1 Å². The topological polar surface area (TPSA) is 115 Å². The van der Waals surface area contributed by atoms with Crippen LogP contribution in [0.3, 0.4) is 0 Å². The molecule has 4 N–H and O–H groups in total. The lowest BCUT2D eigenvalue weighted by molar-refractivity contribution is -0.120. The van der Waals surface area contributed by atoms with Crippen molar-refractivity contribution >= 4 is 5.91 Å². The fourth-order valence-corrected chi connectivity index (χ4v) is 1.81. The summed E-state index contributed by atoms with van der Waals surface area (Å²) in [5.74, 6) is -0.105. The minimum atomic E-state index is -0.600. The summed E-state index contributed by atoms with van der Waals surface area (Å²) in [5.41, 5.74) is 0.0237. The molecule has 0 aliphatic carbocycles. The summed E-state index contributed by atoms with van der Waals surface area (Å²) in [6.07, 6.45) is 1.76. The number of hydrogen-bond acceptors (Lipinski definition) is 4. The number of nitrogens with one attached hydrogen (secondary N) is 3. The van der Waals surface area contributed by atoms with E-state index in [1.165, 1.54) is 6.20 Å². The maximum Gasteiger partial charge on any atom is 0.325 e. The van der Waals surface area contributed by atoms with Gasteiger partial charge in [-0.15, -0.1) is 0 Å². The van der Waals surface area contributed by atoms with Gasteiger partial charge in [-0.3, -0.25) is 14.6 Å². The second-order valence-electron chi connectivity index (χ2n) is 4.54. The number of hydrogen-bond donors (Lipinski definition) is 4. The van der Waals surface area contributed by atoms with E-state index in [9.17, 15) is 14.4 Å². The van der Waals surface area contributed by atoms with Gasteiger partial charge in [0.1, 0.15) is 5.75 Å². The first kappa shape index (κ1) is 14.6. The normalized spacial score (nSPS) is 10.3. The average molecular weight is 289 g/mol. The van der Waals surface area contributed by atoms with Crippen molar-refractivity contribution in [2.24, 2.45) is 0 Å². The molecule has 2 aromatic rings. The number of benzene rings is 1. The summed E-state index contributed by atoms with van der Waals surface area (Å²) in [6, 6.07) is 6.70. The number of phenolic OH excluding ortho intramolecular Hbond substituents is 1. The zero-order valence-electron chi connectivity index (χ0n) is 11.2. The molecule has 0 aliphatic heterocycles. The Hall–Kier alpha value is -2.83. The maximum atomic E-state index is 11.7. The van der Waals surface area contributed by atoms with Crippen LogP contribution < -0.4 is 16.6 Å². The molecule has 0 bridgehead atoms. The van der Waals surface area contributed by atoms with E-state index in [1.54, 1.807) is 24.3 Å². The number of H-pyrrole nitrogens is 2. The van der Waals surface area contributed by atoms with E-state index in [-0.39, 0.29) is 23.6 Å². The Kier molecular flexibility index (Phi) is 4.55. The predicted molar refractivity (Wildman–Crippen MR) is 76.2 cm³/mol. The van der Waals surface area contributed by atoms with E-state index >= 15 is 0 Å². The summed E-state index contributed by atoms with van der Waals surface area (Å²) < 4.78 is 0. The van der Waals surface area contributed by atoms with Gasteiger partial charge in [0.05, 0.1) is 6.42 Å². The molecule has 1 aromatic heterocycles. The second kappa shape index (κ2) is 6.56. The fraction of sp³-hybridized carbons (Fsp3) is 0.214. The van der Waals surface area contributed by atoms with Crippen LogP contribution in [0.5, 0.6) is 5.75 Å². The highest BCUT2D eigenvalue weighted by atomic mass is 16.3. The summed E-state index contributed by atoms with van der Waals surface area (Å²) in [5, 5.41) is 11.8. The third-order valence-electron chi connectivity index (χ3n) is 2.92. The number of phenols is 1. The minimum absolute atomic E-state index is 0.0955. The molecule has 0 fully saturated rings. The lowest BCUT2D eigenvalue weighted by Gasteiger charge is -2.05. The molecule has 0 unspecified atom stereocenters. The minimum Gasteiger partial charge on any atom is -0.508 e. The third-order valence-corrected chi connectivity index (χ3v) is 2.92. The molecule has 0 spiro atoms. The van der Waals surface area contributed by atoms with Crippen molar-refractivity contribution in [1.82, 2.24) is 15.3 Å². The van der Waals surface area contributed by atoms with E-state index in [2.05, 4.69) is 15.3 Å². The van der Waals surface area contributed by atoms with E-state index in [0.29, 0.717) is 13.0 Å². The first-order valence-electron chi connectivity index (χ1n) is 6.40. The van der Waals surface area contributed by atoms with Crippen LogP contribution in [0, 0.1) is 0 Å².